The van der Waals surface area contributed by atoms with Crippen LogP contribution in [-0.2, 0) is 14.3 Å². The van der Waals surface area contributed by atoms with Gasteiger partial charge in [0.25, 0.3) is 11.8 Å². The van der Waals surface area contributed by atoms with Crippen molar-refractivity contribution in [3.05, 3.63) is 126 Å². The van der Waals surface area contributed by atoms with Gasteiger partial charge in [0.1, 0.15) is 11.4 Å². The standard InChI is InChI=1S/C36H35N3O6S/c1-3-4-21-45-36(43)27-13-15-28(16-14-27)37-33(40)24-46-31-19-17-29(18-20-31)38-35(42)32(23-25-9-8-12-30(22-25)44-2)39-34(41)26-10-6-5-7-11-26/h5-20,22-23H,3-4,21,24H2,1-2H3,(H,37,40)(H,38,42)(H,39,41)/b32-23-. The van der Waals surface area contributed by atoms with Crippen molar-refractivity contribution in [3.63, 3.8) is 0 Å². The van der Waals surface area contributed by atoms with Crippen molar-refractivity contribution in [1.29, 1.82) is 0 Å². The summed E-state index contributed by atoms with van der Waals surface area (Å²) in [6.07, 6.45) is 3.33. The molecule has 10 heteroatoms. The van der Waals surface area contributed by atoms with Crippen molar-refractivity contribution in [1.82, 2.24) is 5.32 Å². The molecule has 0 saturated heterocycles. The molecule has 0 aliphatic heterocycles. The largest absolute Gasteiger partial charge is 0.497 e. The highest BCUT2D eigenvalue weighted by atomic mass is 32.2. The third-order valence-electron chi connectivity index (χ3n) is 6.55. The molecule has 4 aromatic carbocycles. The van der Waals surface area contributed by atoms with Crippen molar-refractivity contribution >= 4 is 52.9 Å². The smallest absolute Gasteiger partial charge is 0.338 e. The average molecular weight is 638 g/mol. The summed E-state index contributed by atoms with van der Waals surface area (Å²) in [4.78, 5) is 51.6. The van der Waals surface area contributed by atoms with Crippen LogP contribution in [0.5, 0.6) is 5.75 Å². The number of benzene rings is 4. The van der Waals surface area contributed by atoms with Gasteiger partial charge in [-0.05, 0) is 90.9 Å². The molecule has 0 aliphatic carbocycles. The summed E-state index contributed by atoms with van der Waals surface area (Å²) in [5, 5.41) is 8.36. The Morgan fingerprint density at radius 3 is 2.17 bits per heavy atom. The summed E-state index contributed by atoms with van der Waals surface area (Å²) >= 11 is 1.33. The third kappa shape index (κ3) is 10.4. The summed E-state index contributed by atoms with van der Waals surface area (Å²) in [6.45, 7) is 2.41. The molecule has 0 fully saturated rings. The van der Waals surface area contributed by atoms with E-state index in [2.05, 4.69) is 16.0 Å². The molecule has 3 amide bonds. The van der Waals surface area contributed by atoms with Crippen LogP contribution in [0.15, 0.2) is 114 Å². The minimum atomic E-state index is -0.507. The first-order valence-corrected chi connectivity index (χ1v) is 15.7. The molecule has 4 aromatic rings. The van der Waals surface area contributed by atoms with E-state index >= 15 is 0 Å². The number of rotatable bonds is 14. The molecule has 0 aromatic heterocycles. The van der Waals surface area contributed by atoms with Gasteiger partial charge in [0.2, 0.25) is 5.91 Å². The lowest BCUT2D eigenvalue weighted by Gasteiger charge is -2.12. The number of hydrogen-bond donors (Lipinski definition) is 3. The lowest BCUT2D eigenvalue weighted by atomic mass is 10.1. The van der Waals surface area contributed by atoms with E-state index in [9.17, 15) is 19.2 Å². The molecule has 0 aliphatic rings. The van der Waals surface area contributed by atoms with Gasteiger partial charge in [0.15, 0.2) is 0 Å². The Hall–Kier alpha value is -5.35. The number of anilines is 2. The summed E-state index contributed by atoms with van der Waals surface area (Å²) < 4.78 is 10.5. The van der Waals surface area contributed by atoms with Crippen molar-refractivity contribution in [3.8, 4) is 5.75 Å². The fourth-order valence-electron chi connectivity index (χ4n) is 4.10. The highest BCUT2D eigenvalue weighted by Crippen LogP contribution is 2.22. The lowest BCUT2D eigenvalue weighted by Crippen LogP contribution is -2.30. The van der Waals surface area contributed by atoms with Crippen molar-refractivity contribution < 1.29 is 28.7 Å². The normalized spacial score (nSPS) is 10.9. The lowest BCUT2D eigenvalue weighted by molar-refractivity contribution is -0.114. The number of amides is 3. The van der Waals surface area contributed by atoms with E-state index in [4.69, 9.17) is 9.47 Å². The number of unbranched alkanes of at least 4 members (excludes halogenated alkanes) is 1. The zero-order chi connectivity index (χ0) is 32.7. The highest BCUT2D eigenvalue weighted by molar-refractivity contribution is 8.00. The van der Waals surface area contributed by atoms with Crippen LogP contribution in [0.4, 0.5) is 11.4 Å². The van der Waals surface area contributed by atoms with E-state index in [0.29, 0.717) is 40.4 Å². The topological polar surface area (TPSA) is 123 Å². The van der Waals surface area contributed by atoms with E-state index in [0.717, 1.165) is 17.7 Å². The predicted molar refractivity (Wildman–Crippen MR) is 181 cm³/mol. The maximum atomic E-state index is 13.3. The van der Waals surface area contributed by atoms with Gasteiger partial charge < -0.3 is 25.4 Å². The second-order valence-electron chi connectivity index (χ2n) is 10.0. The fourth-order valence-corrected chi connectivity index (χ4v) is 4.80. The number of ether oxygens (including phenoxy) is 2. The van der Waals surface area contributed by atoms with Gasteiger partial charge in [-0.1, -0.05) is 43.7 Å². The van der Waals surface area contributed by atoms with Crippen LogP contribution in [-0.4, -0.2) is 43.2 Å². The molecule has 3 N–H and O–H groups in total. The SMILES string of the molecule is CCCCOC(=O)c1ccc(NC(=O)CSc2ccc(NC(=O)/C(=C/c3cccc(OC)c3)NC(=O)c3ccccc3)cc2)cc1. The Morgan fingerprint density at radius 1 is 0.783 bits per heavy atom. The van der Waals surface area contributed by atoms with Gasteiger partial charge in [-0.2, -0.15) is 0 Å². The number of hydrogen-bond acceptors (Lipinski definition) is 7. The Morgan fingerprint density at radius 2 is 1.48 bits per heavy atom. The van der Waals surface area contributed by atoms with Crippen LogP contribution >= 0.6 is 11.8 Å². The van der Waals surface area contributed by atoms with Crippen LogP contribution in [0, 0.1) is 0 Å². The van der Waals surface area contributed by atoms with E-state index in [1.807, 2.05) is 6.92 Å². The van der Waals surface area contributed by atoms with E-state index < -0.39 is 11.8 Å². The van der Waals surface area contributed by atoms with E-state index in [1.54, 1.807) is 116 Å². The molecule has 0 atom stereocenters. The summed E-state index contributed by atoms with van der Waals surface area (Å²) in [7, 11) is 1.55. The quantitative estimate of drug-likeness (QED) is 0.0602. The molecular formula is C36H35N3O6S. The van der Waals surface area contributed by atoms with Crippen LogP contribution < -0.4 is 20.7 Å². The molecule has 4 rings (SSSR count). The Labute approximate surface area is 272 Å². The predicted octanol–water partition coefficient (Wildman–Crippen LogP) is 6.79. The summed E-state index contributed by atoms with van der Waals surface area (Å²) in [5.41, 5.74) is 2.65. The van der Waals surface area contributed by atoms with Crippen molar-refractivity contribution in [2.45, 2.75) is 24.7 Å². The van der Waals surface area contributed by atoms with Gasteiger partial charge >= 0.3 is 5.97 Å². The number of methoxy groups -OCH3 is 1. The zero-order valence-corrected chi connectivity index (χ0v) is 26.4. The molecular weight excluding hydrogens is 602 g/mol. The molecule has 0 unspecified atom stereocenters. The van der Waals surface area contributed by atoms with Gasteiger partial charge in [0, 0.05) is 21.8 Å². The molecule has 46 heavy (non-hydrogen) atoms. The Balaban J connectivity index is 1.34. The first kappa shape index (κ1) is 33.5. The van der Waals surface area contributed by atoms with Crippen LogP contribution in [0.3, 0.4) is 0 Å². The van der Waals surface area contributed by atoms with E-state index in [-0.39, 0.29) is 23.3 Å². The van der Waals surface area contributed by atoms with Gasteiger partial charge in [-0.15, -0.1) is 11.8 Å². The number of esters is 1. The zero-order valence-electron chi connectivity index (χ0n) is 25.6. The Bertz CT molecular complexity index is 1670. The number of thioether (sulfide) groups is 1. The Kier molecular flexibility index (Phi) is 12.6. The van der Waals surface area contributed by atoms with Gasteiger partial charge in [-0.3, -0.25) is 14.4 Å². The average Bonchev–Trinajstić information content (AvgIpc) is 3.08. The van der Waals surface area contributed by atoms with Gasteiger partial charge in [-0.25, -0.2) is 4.79 Å². The molecule has 0 radical (unpaired) electrons. The molecule has 236 valence electrons. The number of carbonyl (C=O) groups is 4. The first-order chi connectivity index (χ1) is 22.3. The fraction of sp³-hybridized carbons (Fsp3) is 0.167. The van der Waals surface area contributed by atoms with Crippen LogP contribution in [0.2, 0.25) is 0 Å². The minimum absolute atomic E-state index is 0.0543. The maximum Gasteiger partial charge on any atom is 0.338 e. The molecule has 0 bridgehead atoms. The second-order valence-corrected chi connectivity index (χ2v) is 11.1. The molecule has 0 saturated carbocycles. The van der Waals surface area contributed by atoms with Gasteiger partial charge in [0.05, 0.1) is 25.0 Å². The highest BCUT2D eigenvalue weighted by Gasteiger charge is 2.16. The molecule has 0 heterocycles. The van der Waals surface area contributed by atoms with Crippen LogP contribution in [0.25, 0.3) is 6.08 Å². The number of carbonyl (C=O) groups excluding carboxylic acids is 4. The second kappa shape index (κ2) is 17.2. The summed E-state index contributed by atoms with van der Waals surface area (Å²) in [5.74, 6) is -0.749. The molecule has 0 spiro atoms. The molecule has 9 nitrogen and oxygen atoms in total. The van der Waals surface area contributed by atoms with Crippen molar-refractivity contribution in [2.75, 3.05) is 30.1 Å². The number of nitrogens with one attached hydrogen (secondary N) is 3. The van der Waals surface area contributed by atoms with E-state index in [1.165, 1.54) is 11.8 Å². The maximum absolute atomic E-state index is 13.3. The van der Waals surface area contributed by atoms with Crippen LogP contribution in [0.1, 0.15) is 46.0 Å². The third-order valence-corrected chi connectivity index (χ3v) is 7.56. The first-order valence-electron chi connectivity index (χ1n) is 14.7. The minimum Gasteiger partial charge on any atom is -0.497 e. The van der Waals surface area contributed by atoms with Crippen molar-refractivity contribution in [2.24, 2.45) is 0 Å². The monoisotopic (exact) mass is 637 g/mol. The summed E-state index contributed by atoms with van der Waals surface area (Å²) in [6, 6.07) is 29.3.